The zero-order valence-electron chi connectivity index (χ0n) is 7.60. The summed E-state index contributed by atoms with van der Waals surface area (Å²) in [6.45, 7) is 2.07. The maximum absolute atomic E-state index is 5.50. The molecule has 0 bridgehead atoms. The molecule has 3 N–H and O–H groups in total. The van der Waals surface area contributed by atoms with Gasteiger partial charge in [-0.15, -0.1) is 11.3 Å². The lowest BCUT2D eigenvalue weighted by molar-refractivity contribution is 0.635. The van der Waals surface area contributed by atoms with Crippen LogP contribution in [0.4, 0.5) is 0 Å². The van der Waals surface area contributed by atoms with Crippen LogP contribution < -0.4 is 11.3 Å². The lowest BCUT2D eigenvalue weighted by atomic mass is 10.2. The largest absolute Gasteiger partial charge is 0.270 e. The zero-order chi connectivity index (χ0) is 9.97. The average Bonchev–Trinajstić information content (AvgIpc) is 2.79. The highest BCUT2D eigenvalue weighted by atomic mass is 32.1. The van der Waals surface area contributed by atoms with Gasteiger partial charge in [-0.25, -0.2) is 5.43 Å². The van der Waals surface area contributed by atoms with E-state index in [0.717, 1.165) is 10.6 Å². The predicted molar refractivity (Wildman–Crippen MR) is 58.1 cm³/mol. The molecule has 2 aromatic rings. The van der Waals surface area contributed by atoms with E-state index in [1.807, 2.05) is 0 Å². The van der Waals surface area contributed by atoms with Crippen LogP contribution in [-0.2, 0) is 0 Å². The number of hydrazine groups is 1. The summed E-state index contributed by atoms with van der Waals surface area (Å²) in [6.07, 6.45) is 1.74. The van der Waals surface area contributed by atoms with Crippen molar-refractivity contribution in [1.29, 1.82) is 0 Å². The molecule has 0 radical (unpaired) electrons. The van der Waals surface area contributed by atoms with Gasteiger partial charge in [0.05, 0.1) is 29.7 Å². The lowest BCUT2D eigenvalue weighted by Crippen LogP contribution is -2.28. The van der Waals surface area contributed by atoms with E-state index in [1.165, 1.54) is 16.6 Å². The second kappa shape index (κ2) is 4.14. The van der Waals surface area contributed by atoms with Crippen molar-refractivity contribution in [2.24, 2.45) is 5.84 Å². The van der Waals surface area contributed by atoms with Crippen LogP contribution >= 0.6 is 23.1 Å². The van der Waals surface area contributed by atoms with Gasteiger partial charge in [-0.05, 0) is 19.1 Å². The molecule has 2 aromatic heterocycles. The molecule has 6 heteroatoms. The molecule has 0 fully saturated rings. The standard InChI is InChI=1S/C8H10N4S2/c1-5-2-3-7(13-5)8(11-9)6-4-10-14-12-6/h2-4,8,11H,9H2,1H3. The van der Waals surface area contributed by atoms with Crippen molar-refractivity contribution in [1.82, 2.24) is 14.2 Å². The molecule has 0 aliphatic heterocycles. The average molecular weight is 226 g/mol. The van der Waals surface area contributed by atoms with E-state index >= 15 is 0 Å². The Morgan fingerprint density at radius 1 is 1.50 bits per heavy atom. The quantitative estimate of drug-likeness (QED) is 0.614. The summed E-state index contributed by atoms with van der Waals surface area (Å²) in [7, 11) is 0. The molecule has 0 aliphatic rings. The number of nitrogens with one attached hydrogen (secondary N) is 1. The minimum Gasteiger partial charge on any atom is -0.270 e. The number of hydrogen-bond donors (Lipinski definition) is 2. The topological polar surface area (TPSA) is 63.8 Å². The normalized spacial score (nSPS) is 13.0. The smallest absolute Gasteiger partial charge is 0.1000 e. The molecule has 2 rings (SSSR count). The first-order valence-corrected chi connectivity index (χ1v) is 5.66. The number of nitrogens with zero attached hydrogens (tertiary/aromatic N) is 2. The van der Waals surface area contributed by atoms with Crippen LogP contribution in [0.25, 0.3) is 0 Å². The molecule has 4 nitrogen and oxygen atoms in total. The van der Waals surface area contributed by atoms with Gasteiger partial charge in [0.25, 0.3) is 0 Å². The van der Waals surface area contributed by atoms with Gasteiger partial charge in [0.15, 0.2) is 0 Å². The first kappa shape index (κ1) is 9.72. The Labute approximate surface area is 90.1 Å². The first-order chi connectivity index (χ1) is 6.81. The van der Waals surface area contributed by atoms with Crippen molar-refractivity contribution in [3.63, 3.8) is 0 Å². The SMILES string of the molecule is Cc1ccc(C(NN)c2cnsn2)s1. The Balaban J connectivity index is 2.31. The van der Waals surface area contributed by atoms with E-state index in [9.17, 15) is 0 Å². The molecule has 0 spiro atoms. The third kappa shape index (κ3) is 1.83. The number of hydrogen-bond acceptors (Lipinski definition) is 6. The minimum atomic E-state index is -0.0348. The molecule has 0 saturated heterocycles. The molecule has 1 atom stereocenters. The van der Waals surface area contributed by atoms with Crippen molar-refractivity contribution >= 4 is 23.1 Å². The lowest BCUT2D eigenvalue weighted by Gasteiger charge is -2.09. The molecule has 2 heterocycles. The maximum atomic E-state index is 5.50. The Morgan fingerprint density at radius 2 is 2.36 bits per heavy atom. The summed E-state index contributed by atoms with van der Waals surface area (Å²) in [5.41, 5.74) is 3.62. The van der Waals surface area contributed by atoms with Crippen LogP contribution in [0.15, 0.2) is 18.3 Å². The van der Waals surface area contributed by atoms with E-state index < -0.39 is 0 Å². The second-order valence-corrected chi connectivity index (χ2v) is 4.76. The predicted octanol–water partition coefficient (Wildman–Crippen LogP) is 1.46. The number of aromatic nitrogens is 2. The Bertz CT molecular complexity index is 395. The van der Waals surface area contributed by atoms with Crippen molar-refractivity contribution in [3.8, 4) is 0 Å². The third-order valence-corrected chi connectivity index (χ3v) is 3.44. The molecule has 14 heavy (non-hydrogen) atoms. The van der Waals surface area contributed by atoms with E-state index in [2.05, 4.69) is 33.2 Å². The molecule has 74 valence electrons. The van der Waals surface area contributed by atoms with Gasteiger partial charge in [-0.3, -0.25) is 5.84 Å². The molecule has 0 saturated carbocycles. The van der Waals surface area contributed by atoms with Gasteiger partial charge in [0, 0.05) is 9.75 Å². The van der Waals surface area contributed by atoms with Crippen LogP contribution in [0.1, 0.15) is 21.5 Å². The Morgan fingerprint density at radius 3 is 2.86 bits per heavy atom. The van der Waals surface area contributed by atoms with Crippen LogP contribution in [0.2, 0.25) is 0 Å². The summed E-state index contributed by atoms with van der Waals surface area (Å²) in [4.78, 5) is 2.43. The number of thiophene rings is 1. The Hall–Kier alpha value is -0.820. The van der Waals surface area contributed by atoms with Gasteiger partial charge in [-0.2, -0.15) is 8.75 Å². The van der Waals surface area contributed by atoms with E-state index in [0.29, 0.717) is 0 Å². The second-order valence-electron chi connectivity index (χ2n) is 2.88. The van der Waals surface area contributed by atoms with Gasteiger partial charge < -0.3 is 0 Å². The third-order valence-electron chi connectivity index (χ3n) is 1.89. The fraction of sp³-hybridized carbons (Fsp3) is 0.250. The highest BCUT2D eigenvalue weighted by Crippen LogP contribution is 2.26. The number of rotatable bonds is 3. The van der Waals surface area contributed by atoms with Crippen molar-refractivity contribution in [3.05, 3.63) is 33.8 Å². The minimum absolute atomic E-state index is 0.0348. The van der Waals surface area contributed by atoms with Crippen LogP contribution in [0.3, 0.4) is 0 Å². The Kier molecular flexibility index (Phi) is 2.87. The van der Waals surface area contributed by atoms with Crippen LogP contribution in [-0.4, -0.2) is 8.75 Å². The van der Waals surface area contributed by atoms with Gasteiger partial charge in [0.1, 0.15) is 0 Å². The molecule has 0 amide bonds. The summed E-state index contributed by atoms with van der Waals surface area (Å²) >= 11 is 2.91. The van der Waals surface area contributed by atoms with Gasteiger partial charge in [0.2, 0.25) is 0 Å². The summed E-state index contributed by atoms with van der Waals surface area (Å²) in [5.74, 6) is 5.50. The molecule has 0 aliphatic carbocycles. The fourth-order valence-corrected chi connectivity index (χ4v) is 2.62. The van der Waals surface area contributed by atoms with Gasteiger partial charge in [-0.1, -0.05) is 0 Å². The van der Waals surface area contributed by atoms with Gasteiger partial charge >= 0.3 is 0 Å². The highest BCUT2D eigenvalue weighted by molar-refractivity contribution is 7.12. The fourth-order valence-electron chi connectivity index (χ4n) is 1.22. The zero-order valence-corrected chi connectivity index (χ0v) is 9.23. The highest BCUT2D eigenvalue weighted by Gasteiger charge is 2.16. The molecular weight excluding hydrogens is 216 g/mol. The number of nitrogens with two attached hydrogens (primary N) is 1. The molecule has 1 unspecified atom stereocenters. The van der Waals surface area contributed by atoms with Crippen LogP contribution in [0.5, 0.6) is 0 Å². The first-order valence-electron chi connectivity index (χ1n) is 4.11. The van der Waals surface area contributed by atoms with Crippen molar-refractivity contribution in [2.45, 2.75) is 13.0 Å². The molecule has 0 aromatic carbocycles. The monoisotopic (exact) mass is 226 g/mol. The summed E-state index contributed by atoms with van der Waals surface area (Å²) < 4.78 is 8.13. The summed E-state index contributed by atoms with van der Waals surface area (Å²) in [6, 6.07) is 4.10. The van der Waals surface area contributed by atoms with Crippen molar-refractivity contribution in [2.75, 3.05) is 0 Å². The van der Waals surface area contributed by atoms with Crippen molar-refractivity contribution < 1.29 is 0 Å². The van der Waals surface area contributed by atoms with E-state index in [1.54, 1.807) is 17.5 Å². The summed E-state index contributed by atoms with van der Waals surface area (Å²) in [5, 5.41) is 0. The number of aryl methyl sites for hydroxylation is 1. The van der Waals surface area contributed by atoms with Crippen LogP contribution in [0, 0.1) is 6.92 Å². The van der Waals surface area contributed by atoms with E-state index in [-0.39, 0.29) is 6.04 Å². The van der Waals surface area contributed by atoms with E-state index in [4.69, 9.17) is 5.84 Å². The maximum Gasteiger partial charge on any atom is 0.1000 e. The molecular formula is C8H10N4S2.